The molecule has 1 atom stereocenters. The Morgan fingerprint density at radius 2 is 2.00 bits per heavy atom. The van der Waals surface area contributed by atoms with E-state index in [-0.39, 0.29) is 5.41 Å². The minimum absolute atomic E-state index is 0.149. The van der Waals surface area contributed by atoms with Crippen LogP contribution in [0.5, 0.6) is 0 Å². The minimum atomic E-state index is -0.478. The van der Waals surface area contributed by atoms with Gasteiger partial charge in [0.05, 0.1) is 12.3 Å². The summed E-state index contributed by atoms with van der Waals surface area (Å²) in [6.07, 6.45) is 8.25. The quantitative estimate of drug-likeness (QED) is 0.808. The second kappa shape index (κ2) is 5.41. The van der Waals surface area contributed by atoms with Gasteiger partial charge in [-0.2, -0.15) is 5.10 Å². The summed E-state index contributed by atoms with van der Waals surface area (Å²) in [7, 11) is 1.91. The molecule has 0 bridgehead atoms. The molecule has 0 aromatic carbocycles. The van der Waals surface area contributed by atoms with E-state index < -0.39 is 6.10 Å². The van der Waals surface area contributed by atoms with E-state index in [4.69, 9.17) is 5.73 Å². The van der Waals surface area contributed by atoms with Crippen LogP contribution in [0.1, 0.15) is 55.9 Å². The Morgan fingerprint density at radius 1 is 1.39 bits per heavy atom. The highest BCUT2D eigenvalue weighted by molar-refractivity contribution is 5.21. The van der Waals surface area contributed by atoms with Crippen molar-refractivity contribution in [3.63, 3.8) is 0 Å². The first kappa shape index (κ1) is 13.6. The molecule has 4 heteroatoms. The number of aliphatic hydroxyl groups excluding tert-OH is 1. The Labute approximate surface area is 109 Å². The van der Waals surface area contributed by atoms with Crippen LogP contribution in [0, 0.1) is 12.3 Å². The van der Waals surface area contributed by atoms with Gasteiger partial charge in [-0.15, -0.1) is 0 Å². The molecule has 3 N–H and O–H groups in total. The molecule has 1 heterocycles. The summed E-state index contributed by atoms with van der Waals surface area (Å²) in [6, 6.07) is 0. The molecule has 1 fully saturated rings. The number of hydrogen-bond acceptors (Lipinski definition) is 3. The van der Waals surface area contributed by atoms with Gasteiger partial charge in [0.25, 0.3) is 0 Å². The molecule has 2 rings (SSSR count). The molecule has 0 amide bonds. The molecule has 0 aliphatic heterocycles. The fourth-order valence-electron chi connectivity index (χ4n) is 3.14. The molecule has 1 unspecified atom stereocenters. The number of aromatic nitrogens is 2. The van der Waals surface area contributed by atoms with Gasteiger partial charge in [-0.3, -0.25) is 4.68 Å². The lowest BCUT2D eigenvalue weighted by Gasteiger charge is -2.36. The third-order valence-electron chi connectivity index (χ3n) is 4.65. The zero-order valence-corrected chi connectivity index (χ0v) is 11.5. The van der Waals surface area contributed by atoms with Crippen molar-refractivity contribution in [3.8, 4) is 0 Å². The van der Waals surface area contributed by atoms with E-state index in [0.29, 0.717) is 6.54 Å². The predicted octanol–water partition coefficient (Wildman–Crippen LogP) is 2.06. The smallest absolute Gasteiger partial charge is 0.0891 e. The standard InChI is InChI=1S/C14H25N3O/c1-11-12(9-16-17(11)2)13(18)14(10-15)7-5-3-4-6-8-14/h9,13,18H,3-8,10,15H2,1-2H3. The average Bonchev–Trinajstić information content (AvgIpc) is 2.61. The van der Waals surface area contributed by atoms with E-state index in [0.717, 1.165) is 24.1 Å². The lowest BCUT2D eigenvalue weighted by atomic mass is 9.73. The van der Waals surface area contributed by atoms with Crippen molar-refractivity contribution in [1.82, 2.24) is 9.78 Å². The zero-order valence-electron chi connectivity index (χ0n) is 11.5. The van der Waals surface area contributed by atoms with Crippen molar-refractivity contribution >= 4 is 0 Å². The van der Waals surface area contributed by atoms with Crippen LogP contribution < -0.4 is 5.73 Å². The summed E-state index contributed by atoms with van der Waals surface area (Å²) >= 11 is 0. The lowest BCUT2D eigenvalue weighted by Crippen LogP contribution is -2.36. The van der Waals surface area contributed by atoms with Gasteiger partial charge in [-0.1, -0.05) is 25.7 Å². The van der Waals surface area contributed by atoms with Gasteiger partial charge in [-0.25, -0.2) is 0 Å². The summed E-state index contributed by atoms with van der Waals surface area (Å²) in [6.45, 7) is 2.56. The molecule has 18 heavy (non-hydrogen) atoms. The summed E-state index contributed by atoms with van der Waals surface area (Å²) in [5.74, 6) is 0. The Hall–Kier alpha value is -0.870. The maximum Gasteiger partial charge on any atom is 0.0891 e. The maximum atomic E-state index is 10.8. The SMILES string of the molecule is Cc1c(C(O)C2(CN)CCCCCC2)cnn1C. The fraction of sp³-hybridized carbons (Fsp3) is 0.786. The number of nitrogens with two attached hydrogens (primary N) is 1. The lowest BCUT2D eigenvalue weighted by molar-refractivity contribution is 0.0161. The molecule has 1 aromatic rings. The Kier molecular flexibility index (Phi) is 4.07. The minimum Gasteiger partial charge on any atom is -0.388 e. The number of rotatable bonds is 3. The van der Waals surface area contributed by atoms with Crippen LogP contribution in [0.3, 0.4) is 0 Å². The first-order valence-corrected chi connectivity index (χ1v) is 6.97. The zero-order chi connectivity index (χ0) is 13.2. The van der Waals surface area contributed by atoms with Gasteiger partial charge >= 0.3 is 0 Å². The van der Waals surface area contributed by atoms with Crippen LogP contribution in [0.25, 0.3) is 0 Å². The van der Waals surface area contributed by atoms with Crippen molar-refractivity contribution in [2.45, 2.75) is 51.6 Å². The molecule has 102 valence electrons. The molecule has 1 saturated carbocycles. The summed E-state index contributed by atoms with van der Waals surface area (Å²) in [5, 5.41) is 15.0. The fourth-order valence-corrected chi connectivity index (χ4v) is 3.14. The summed E-state index contributed by atoms with van der Waals surface area (Å²) in [5.41, 5.74) is 7.86. The molecule has 1 aliphatic carbocycles. The van der Waals surface area contributed by atoms with E-state index in [9.17, 15) is 5.11 Å². The number of aryl methyl sites for hydroxylation is 1. The van der Waals surface area contributed by atoms with Crippen LogP contribution in [-0.4, -0.2) is 21.4 Å². The molecule has 1 aliphatic rings. The Balaban J connectivity index is 2.28. The van der Waals surface area contributed by atoms with Crippen molar-refractivity contribution in [3.05, 3.63) is 17.5 Å². The van der Waals surface area contributed by atoms with Crippen LogP contribution in [-0.2, 0) is 7.05 Å². The van der Waals surface area contributed by atoms with Gasteiger partial charge in [0, 0.05) is 30.3 Å². The third-order valence-corrected chi connectivity index (χ3v) is 4.65. The summed E-state index contributed by atoms with van der Waals surface area (Å²) < 4.78 is 1.82. The molecule has 0 radical (unpaired) electrons. The third kappa shape index (κ3) is 2.31. The van der Waals surface area contributed by atoms with Gasteiger partial charge in [0.1, 0.15) is 0 Å². The second-order valence-corrected chi connectivity index (χ2v) is 5.69. The van der Waals surface area contributed by atoms with Crippen molar-refractivity contribution in [2.24, 2.45) is 18.2 Å². The van der Waals surface area contributed by atoms with E-state index in [2.05, 4.69) is 5.10 Å². The van der Waals surface area contributed by atoms with Gasteiger partial charge < -0.3 is 10.8 Å². The maximum absolute atomic E-state index is 10.8. The highest BCUT2D eigenvalue weighted by atomic mass is 16.3. The largest absolute Gasteiger partial charge is 0.388 e. The molecule has 1 aromatic heterocycles. The predicted molar refractivity (Wildman–Crippen MR) is 72.1 cm³/mol. The molecular weight excluding hydrogens is 226 g/mol. The van der Waals surface area contributed by atoms with Crippen molar-refractivity contribution in [2.75, 3.05) is 6.54 Å². The normalized spacial score (nSPS) is 21.6. The van der Waals surface area contributed by atoms with E-state index in [1.807, 2.05) is 18.7 Å². The van der Waals surface area contributed by atoms with Gasteiger partial charge in [0.2, 0.25) is 0 Å². The van der Waals surface area contributed by atoms with Crippen LogP contribution >= 0.6 is 0 Å². The van der Waals surface area contributed by atoms with Gasteiger partial charge in [-0.05, 0) is 19.8 Å². The number of aliphatic hydroxyl groups is 1. The first-order chi connectivity index (χ1) is 8.60. The topological polar surface area (TPSA) is 64.1 Å². The molecule has 0 spiro atoms. The van der Waals surface area contributed by atoms with Crippen molar-refractivity contribution < 1.29 is 5.11 Å². The number of hydrogen-bond donors (Lipinski definition) is 2. The van der Waals surface area contributed by atoms with Crippen LogP contribution in [0.15, 0.2) is 6.20 Å². The molecule has 0 saturated heterocycles. The number of nitrogens with zero attached hydrogens (tertiary/aromatic N) is 2. The monoisotopic (exact) mass is 251 g/mol. The van der Waals surface area contributed by atoms with Crippen LogP contribution in [0.4, 0.5) is 0 Å². The Morgan fingerprint density at radius 3 is 2.44 bits per heavy atom. The first-order valence-electron chi connectivity index (χ1n) is 6.97. The van der Waals surface area contributed by atoms with E-state index in [1.54, 1.807) is 6.20 Å². The average molecular weight is 251 g/mol. The highest BCUT2D eigenvalue weighted by Crippen LogP contribution is 2.44. The van der Waals surface area contributed by atoms with E-state index in [1.165, 1.54) is 25.7 Å². The van der Waals surface area contributed by atoms with Gasteiger partial charge in [0.15, 0.2) is 0 Å². The van der Waals surface area contributed by atoms with E-state index >= 15 is 0 Å². The Bertz CT molecular complexity index is 392. The van der Waals surface area contributed by atoms with Crippen molar-refractivity contribution in [1.29, 1.82) is 0 Å². The summed E-state index contributed by atoms with van der Waals surface area (Å²) in [4.78, 5) is 0. The van der Waals surface area contributed by atoms with Crippen LogP contribution in [0.2, 0.25) is 0 Å². The highest BCUT2D eigenvalue weighted by Gasteiger charge is 2.39. The molecular formula is C14H25N3O. The molecule has 4 nitrogen and oxygen atoms in total. The second-order valence-electron chi connectivity index (χ2n) is 5.69.